The van der Waals surface area contributed by atoms with Gasteiger partial charge in [-0.05, 0) is 66.7 Å². The highest BCUT2D eigenvalue weighted by Crippen LogP contribution is 2.43. The molecule has 7 heteroatoms. The van der Waals surface area contributed by atoms with Gasteiger partial charge in [0.2, 0.25) is 0 Å². The van der Waals surface area contributed by atoms with Gasteiger partial charge in [-0.15, -0.1) is 0 Å². The number of amides is 1. The molecule has 0 aromatic heterocycles. The van der Waals surface area contributed by atoms with E-state index in [0.29, 0.717) is 26.3 Å². The summed E-state index contributed by atoms with van der Waals surface area (Å²) >= 11 is 3.77. The van der Waals surface area contributed by atoms with Crippen molar-refractivity contribution in [2.75, 3.05) is 51.4 Å². The van der Waals surface area contributed by atoms with Crippen LogP contribution in [0, 0.1) is 0 Å². The second-order valence-corrected chi connectivity index (χ2v) is 8.77. The van der Waals surface area contributed by atoms with Gasteiger partial charge < -0.3 is 24.0 Å². The molecule has 3 rings (SSSR count). The van der Waals surface area contributed by atoms with E-state index >= 15 is 0 Å². The van der Waals surface area contributed by atoms with Gasteiger partial charge in [0.25, 0.3) is 0 Å². The molecule has 1 aromatic carbocycles. The van der Waals surface area contributed by atoms with E-state index in [1.807, 2.05) is 20.8 Å². The Balaban J connectivity index is 1.82. The van der Waals surface area contributed by atoms with Crippen LogP contribution >= 0.6 is 15.9 Å². The third-order valence-corrected chi connectivity index (χ3v) is 5.68. The number of methoxy groups -OCH3 is 1. The standard InChI is InChI=1S/C20H29BrN2O4/c1-20(2,3)27-19(24)23-7-5-14-13-16-18(17(21)15(14)6-8-23)26-12-10-22(16)9-11-25-4/h13H,5-12H2,1-4H3. The van der Waals surface area contributed by atoms with Gasteiger partial charge in [0.1, 0.15) is 12.2 Å². The Bertz CT molecular complexity index is 702. The minimum Gasteiger partial charge on any atom is -0.488 e. The van der Waals surface area contributed by atoms with E-state index in [1.54, 1.807) is 12.0 Å². The fraction of sp³-hybridized carbons (Fsp3) is 0.650. The van der Waals surface area contributed by atoms with E-state index in [2.05, 4.69) is 26.9 Å². The molecule has 0 N–H and O–H groups in total. The van der Waals surface area contributed by atoms with Crippen LogP contribution in [0.4, 0.5) is 10.5 Å². The molecule has 0 atom stereocenters. The summed E-state index contributed by atoms with van der Waals surface area (Å²) in [4.78, 5) is 16.6. The molecule has 1 amide bonds. The maximum atomic E-state index is 12.5. The number of anilines is 1. The van der Waals surface area contributed by atoms with Crippen molar-refractivity contribution < 1.29 is 19.0 Å². The summed E-state index contributed by atoms with van der Waals surface area (Å²) in [5.41, 5.74) is 3.12. The highest BCUT2D eigenvalue weighted by Gasteiger charge is 2.29. The van der Waals surface area contributed by atoms with Gasteiger partial charge in [-0.2, -0.15) is 0 Å². The molecule has 0 spiro atoms. The number of fused-ring (bicyclic) bond motifs is 2. The first kappa shape index (κ1) is 20.3. The number of halogens is 1. The summed E-state index contributed by atoms with van der Waals surface area (Å²) in [5.74, 6) is 0.904. The second kappa shape index (κ2) is 8.27. The number of carbonyl (C=O) groups excluding carboxylic acids is 1. The van der Waals surface area contributed by atoms with Crippen molar-refractivity contribution in [1.29, 1.82) is 0 Å². The molecule has 2 aliphatic heterocycles. The SMILES string of the molecule is COCCN1CCOc2c1cc1c(c2Br)CCN(C(=O)OC(C)(C)C)CC1. The molecule has 0 saturated carbocycles. The molecule has 2 heterocycles. The van der Waals surface area contributed by atoms with Crippen LogP contribution < -0.4 is 9.64 Å². The Morgan fingerprint density at radius 3 is 2.70 bits per heavy atom. The molecular formula is C20H29BrN2O4. The number of carbonyl (C=O) groups is 1. The molecule has 0 saturated heterocycles. The lowest BCUT2D eigenvalue weighted by Crippen LogP contribution is -2.38. The van der Waals surface area contributed by atoms with E-state index in [1.165, 1.54) is 11.1 Å². The monoisotopic (exact) mass is 440 g/mol. The first-order valence-electron chi connectivity index (χ1n) is 9.49. The maximum Gasteiger partial charge on any atom is 0.410 e. The maximum absolute atomic E-state index is 12.5. The van der Waals surface area contributed by atoms with Crippen LogP contribution in [0.5, 0.6) is 5.75 Å². The average Bonchev–Trinajstić information content (AvgIpc) is 2.82. The third-order valence-electron chi connectivity index (χ3n) is 4.84. The van der Waals surface area contributed by atoms with Crippen LogP contribution in [-0.4, -0.2) is 63.1 Å². The minimum atomic E-state index is -0.481. The average molecular weight is 441 g/mol. The first-order chi connectivity index (χ1) is 12.8. The van der Waals surface area contributed by atoms with Crippen LogP contribution in [0.15, 0.2) is 10.5 Å². The molecule has 0 radical (unpaired) electrons. The van der Waals surface area contributed by atoms with Crippen molar-refractivity contribution >= 4 is 27.7 Å². The van der Waals surface area contributed by atoms with E-state index in [9.17, 15) is 4.79 Å². The van der Waals surface area contributed by atoms with E-state index in [4.69, 9.17) is 14.2 Å². The normalized spacial score (nSPS) is 16.9. The fourth-order valence-corrected chi connectivity index (χ4v) is 4.28. The lowest BCUT2D eigenvalue weighted by molar-refractivity contribution is 0.0258. The zero-order chi connectivity index (χ0) is 19.6. The number of ether oxygens (including phenoxy) is 3. The Morgan fingerprint density at radius 2 is 2.00 bits per heavy atom. The quantitative estimate of drug-likeness (QED) is 0.717. The number of benzene rings is 1. The molecular weight excluding hydrogens is 412 g/mol. The van der Waals surface area contributed by atoms with E-state index in [-0.39, 0.29) is 6.09 Å². The lowest BCUT2D eigenvalue weighted by atomic mass is 10.0. The van der Waals surface area contributed by atoms with Crippen LogP contribution in [0.2, 0.25) is 0 Å². The second-order valence-electron chi connectivity index (χ2n) is 7.97. The van der Waals surface area contributed by atoms with Crippen molar-refractivity contribution in [1.82, 2.24) is 4.90 Å². The highest BCUT2D eigenvalue weighted by atomic mass is 79.9. The lowest BCUT2D eigenvalue weighted by Gasteiger charge is -2.33. The Kier molecular flexibility index (Phi) is 6.21. The van der Waals surface area contributed by atoms with Crippen LogP contribution in [0.1, 0.15) is 31.9 Å². The zero-order valence-corrected chi connectivity index (χ0v) is 18.2. The molecule has 150 valence electrons. The molecule has 1 aromatic rings. The first-order valence-corrected chi connectivity index (χ1v) is 10.3. The van der Waals surface area contributed by atoms with E-state index < -0.39 is 5.60 Å². The van der Waals surface area contributed by atoms with Crippen LogP contribution in [0.25, 0.3) is 0 Å². The Labute approximate surface area is 169 Å². The van der Waals surface area contributed by atoms with Crippen molar-refractivity contribution in [3.63, 3.8) is 0 Å². The predicted octanol–water partition coefficient (Wildman–Crippen LogP) is 3.63. The molecule has 27 heavy (non-hydrogen) atoms. The fourth-order valence-electron chi connectivity index (χ4n) is 3.51. The molecule has 0 unspecified atom stereocenters. The van der Waals surface area contributed by atoms with Crippen LogP contribution in [0.3, 0.4) is 0 Å². The van der Waals surface area contributed by atoms with Crippen LogP contribution in [-0.2, 0) is 22.3 Å². The molecule has 0 bridgehead atoms. The summed E-state index contributed by atoms with van der Waals surface area (Å²) in [6.07, 6.45) is 1.34. The molecule has 0 aliphatic carbocycles. The Morgan fingerprint density at radius 1 is 1.26 bits per heavy atom. The van der Waals surface area contributed by atoms with Gasteiger partial charge in [0, 0.05) is 26.7 Å². The van der Waals surface area contributed by atoms with Crippen molar-refractivity contribution in [2.45, 2.75) is 39.2 Å². The molecule has 2 aliphatic rings. The third kappa shape index (κ3) is 4.69. The van der Waals surface area contributed by atoms with E-state index in [0.717, 1.165) is 41.8 Å². The summed E-state index contributed by atoms with van der Waals surface area (Å²) in [5, 5.41) is 0. The summed E-state index contributed by atoms with van der Waals surface area (Å²) < 4.78 is 17.8. The number of hydrogen-bond donors (Lipinski definition) is 0. The molecule has 0 fully saturated rings. The van der Waals surface area contributed by atoms with Gasteiger partial charge >= 0.3 is 6.09 Å². The number of rotatable bonds is 3. The minimum absolute atomic E-state index is 0.242. The Hall–Kier alpha value is -1.47. The number of hydrogen-bond acceptors (Lipinski definition) is 5. The number of nitrogens with zero attached hydrogens (tertiary/aromatic N) is 2. The van der Waals surface area contributed by atoms with Gasteiger partial charge in [-0.1, -0.05) is 0 Å². The van der Waals surface area contributed by atoms with Crippen molar-refractivity contribution in [3.8, 4) is 5.75 Å². The van der Waals surface area contributed by atoms with Gasteiger partial charge in [0.05, 0.1) is 23.3 Å². The summed E-state index contributed by atoms with van der Waals surface area (Å²) in [7, 11) is 1.72. The van der Waals surface area contributed by atoms with Gasteiger partial charge in [-0.25, -0.2) is 4.79 Å². The summed E-state index contributed by atoms with van der Waals surface area (Å²) in [6, 6.07) is 2.23. The summed E-state index contributed by atoms with van der Waals surface area (Å²) in [6.45, 7) is 10.0. The van der Waals surface area contributed by atoms with Crippen molar-refractivity contribution in [3.05, 3.63) is 21.7 Å². The highest BCUT2D eigenvalue weighted by molar-refractivity contribution is 9.10. The largest absolute Gasteiger partial charge is 0.488 e. The molecule has 6 nitrogen and oxygen atoms in total. The van der Waals surface area contributed by atoms with Gasteiger partial charge in [-0.3, -0.25) is 0 Å². The zero-order valence-electron chi connectivity index (χ0n) is 16.6. The smallest absolute Gasteiger partial charge is 0.410 e. The van der Waals surface area contributed by atoms with Gasteiger partial charge in [0.15, 0.2) is 5.75 Å². The van der Waals surface area contributed by atoms with Crippen molar-refractivity contribution in [2.24, 2.45) is 0 Å². The topological polar surface area (TPSA) is 51.2 Å². The predicted molar refractivity (Wildman–Crippen MR) is 109 cm³/mol.